The molecule has 1 atom stereocenters. The Morgan fingerprint density at radius 3 is 3.08 bits per heavy atom. The lowest BCUT2D eigenvalue weighted by molar-refractivity contribution is 0.0934. The zero-order valence-corrected chi connectivity index (χ0v) is 14.0. The number of hydrogen-bond acceptors (Lipinski definition) is 6. The molecule has 0 bridgehead atoms. The number of nitrogens with zero attached hydrogens (tertiary/aromatic N) is 6. The van der Waals surface area contributed by atoms with Gasteiger partial charge in [-0.15, -0.1) is 5.10 Å². The summed E-state index contributed by atoms with van der Waals surface area (Å²) in [7, 11) is 0. The van der Waals surface area contributed by atoms with Crippen LogP contribution in [0.15, 0.2) is 36.8 Å². The van der Waals surface area contributed by atoms with Crippen LogP contribution in [0, 0.1) is 6.92 Å². The molecule has 1 unspecified atom stereocenters. The van der Waals surface area contributed by atoms with E-state index < -0.39 is 0 Å². The zero-order chi connectivity index (χ0) is 17.2. The second-order valence-electron chi connectivity index (χ2n) is 6.24. The topological polar surface area (TPSA) is 88.3 Å². The molecule has 8 nitrogen and oxygen atoms in total. The Bertz CT molecular complexity index is 889. The Morgan fingerprint density at radius 1 is 1.32 bits per heavy atom. The number of aromatic nitrogens is 5. The van der Waals surface area contributed by atoms with Crippen LogP contribution in [0.3, 0.4) is 0 Å². The van der Waals surface area contributed by atoms with Gasteiger partial charge < -0.3 is 10.2 Å². The molecular weight excluding hydrogens is 318 g/mol. The molecular formula is C17H19N7O. The minimum absolute atomic E-state index is 0.0583. The maximum Gasteiger partial charge on any atom is 0.257 e. The maximum absolute atomic E-state index is 12.6. The van der Waals surface area contributed by atoms with E-state index in [9.17, 15) is 4.79 Å². The number of carbonyl (C=O) groups excluding carboxylic acids is 1. The Balaban J connectivity index is 1.47. The van der Waals surface area contributed by atoms with Crippen LogP contribution in [0.25, 0.3) is 5.65 Å². The van der Waals surface area contributed by atoms with Gasteiger partial charge in [0, 0.05) is 31.5 Å². The van der Waals surface area contributed by atoms with Crippen LogP contribution in [-0.2, 0) is 0 Å². The fraction of sp³-hybridized carbons (Fsp3) is 0.353. The molecule has 1 aliphatic heterocycles. The van der Waals surface area contributed by atoms with Crippen LogP contribution in [-0.4, -0.2) is 49.8 Å². The van der Waals surface area contributed by atoms with E-state index in [2.05, 4.69) is 30.5 Å². The summed E-state index contributed by atoms with van der Waals surface area (Å²) < 4.78 is 1.60. The average Bonchev–Trinajstić information content (AvgIpc) is 3.07. The molecule has 1 fully saturated rings. The summed E-state index contributed by atoms with van der Waals surface area (Å²) in [6.07, 6.45) is 6.93. The number of nitrogens with one attached hydrogen (secondary N) is 1. The van der Waals surface area contributed by atoms with Crippen molar-refractivity contribution in [1.29, 1.82) is 0 Å². The minimum atomic E-state index is -0.143. The second-order valence-corrected chi connectivity index (χ2v) is 6.24. The first-order valence-electron chi connectivity index (χ1n) is 8.35. The van der Waals surface area contributed by atoms with E-state index in [1.807, 2.05) is 19.1 Å². The summed E-state index contributed by atoms with van der Waals surface area (Å²) in [5.41, 5.74) is 1.95. The second kappa shape index (κ2) is 6.46. The third kappa shape index (κ3) is 3.15. The standard InChI is InChI=1S/C17H19N7O/c1-12-5-6-15(22-21-12)23-8-2-4-13(11-23)20-17(25)14-10-19-24-9-3-7-18-16(14)24/h3,5-7,9-10,13H,2,4,8,11H2,1H3,(H,20,25). The molecule has 128 valence electrons. The van der Waals surface area contributed by atoms with Crippen molar-refractivity contribution in [1.82, 2.24) is 30.1 Å². The van der Waals surface area contributed by atoms with E-state index in [0.29, 0.717) is 11.2 Å². The Morgan fingerprint density at radius 2 is 2.24 bits per heavy atom. The first kappa shape index (κ1) is 15.5. The van der Waals surface area contributed by atoms with Gasteiger partial charge in [-0.3, -0.25) is 4.79 Å². The molecule has 4 rings (SSSR count). The molecule has 1 N–H and O–H groups in total. The Labute approximate surface area is 144 Å². The fourth-order valence-corrected chi connectivity index (χ4v) is 3.11. The lowest BCUT2D eigenvalue weighted by atomic mass is 10.1. The molecule has 4 heterocycles. The Kier molecular flexibility index (Phi) is 4.01. The lowest BCUT2D eigenvalue weighted by Gasteiger charge is -2.33. The van der Waals surface area contributed by atoms with E-state index in [1.165, 1.54) is 0 Å². The monoisotopic (exact) mass is 337 g/mol. The van der Waals surface area contributed by atoms with Crippen LogP contribution in [0.5, 0.6) is 0 Å². The molecule has 25 heavy (non-hydrogen) atoms. The number of anilines is 1. The van der Waals surface area contributed by atoms with Gasteiger partial charge in [0.1, 0.15) is 5.56 Å². The predicted octanol–water partition coefficient (Wildman–Crippen LogP) is 1.23. The van der Waals surface area contributed by atoms with Crippen molar-refractivity contribution in [2.75, 3.05) is 18.0 Å². The van der Waals surface area contributed by atoms with Gasteiger partial charge >= 0.3 is 0 Å². The summed E-state index contributed by atoms with van der Waals surface area (Å²) in [4.78, 5) is 19.0. The van der Waals surface area contributed by atoms with Gasteiger partial charge in [-0.1, -0.05) is 0 Å². The van der Waals surface area contributed by atoms with E-state index in [4.69, 9.17) is 0 Å². The molecule has 0 radical (unpaired) electrons. The number of rotatable bonds is 3. The van der Waals surface area contributed by atoms with E-state index in [0.717, 1.165) is 37.4 Å². The van der Waals surface area contributed by atoms with E-state index in [1.54, 1.807) is 29.2 Å². The number of hydrogen-bond donors (Lipinski definition) is 1. The largest absolute Gasteiger partial charge is 0.353 e. The van der Waals surface area contributed by atoms with Gasteiger partial charge in [0.2, 0.25) is 0 Å². The summed E-state index contributed by atoms with van der Waals surface area (Å²) in [5.74, 6) is 0.706. The number of aryl methyl sites for hydroxylation is 1. The number of amides is 1. The van der Waals surface area contributed by atoms with Crippen molar-refractivity contribution < 1.29 is 4.79 Å². The molecule has 1 aliphatic rings. The third-order valence-corrected chi connectivity index (χ3v) is 4.39. The number of piperidine rings is 1. The van der Waals surface area contributed by atoms with Gasteiger partial charge in [-0.05, 0) is 38.0 Å². The van der Waals surface area contributed by atoms with E-state index >= 15 is 0 Å². The zero-order valence-electron chi connectivity index (χ0n) is 14.0. The Hall–Kier alpha value is -3.03. The van der Waals surface area contributed by atoms with Gasteiger partial charge in [0.25, 0.3) is 5.91 Å². The highest BCUT2D eigenvalue weighted by molar-refractivity contribution is 5.99. The van der Waals surface area contributed by atoms with E-state index in [-0.39, 0.29) is 11.9 Å². The smallest absolute Gasteiger partial charge is 0.257 e. The predicted molar refractivity (Wildman–Crippen MR) is 92.5 cm³/mol. The molecule has 0 aromatic carbocycles. The van der Waals surface area contributed by atoms with Gasteiger partial charge in [-0.2, -0.15) is 10.2 Å². The number of fused-ring (bicyclic) bond motifs is 1. The molecule has 1 saturated heterocycles. The lowest BCUT2D eigenvalue weighted by Crippen LogP contribution is -2.48. The van der Waals surface area contributed by atoms with Gasteiger partial charge in [0.15, 0.2) is 11.5 Å². The van der Waals surface area contributed by atoms with Crippen molar-refractivity contribution in [2.45, 2.75) is 25.8 Å². The first-order valence-corrected chi connectivity index (χ1v) is 8.35. The van der Waals surface area contributed by atoms with Gasteiger partial charge in [-0.25, -0.2) is 9.50 Å². The highest BCUT2D eigenvalue weighted by atomic mass is 16.1. The minimum Gasteiger partial charge on any atom is -0.353 e. The normalized spacial score (nSPS) is 17.6. The third-order valence-electron chi connectivity index (χ3n) is 4.39. The average molecular weight is 337 g/mol. The molecule has 0 spiro atoms. The summed E-state index contributed by atoms with van der Waals surface area (Å²) >= 11 is 0. The van der Waals surface area contributed by atoms with Crippen LogP contribution in [0.2, 0.25) is 0 Å². The van der Waals surface area contributed by atoms with Gasteiger partial charge in [0.05, 0.1) is 11.9 Å². The van der Waals surface area contributed by atoms with Crippen LogP contribution >= 0.6 is 0 Å². The van der Waals surface area contributed by atoms with Crippen molar-refractivity contribution in [2.24, 2.45) is 0 Å². The first-order chi connectivity index (χ1) is 12.2. The van der Waals surface area contributed by atoms with Crippen molar-refractivity contribution in [3.8, 4) is 0 Å². The molecule has 0 aliphatic carbocycles. The quantitative estimate of drug-likeness (QED) is 0.773. The summed E-state index contributed by atoms with van der Waals surface area (Å²) in [5, 5.41) is 15.6. The fourth-order valence-electron chi connectivity index (χ4n) is 3.11. The van der Waals surface area contributed by atoms with Crippen LogP contribution in [0.4, 0.5) is 5.82 Å². The molecule has 1 amide bonds. The SMILES string of the molecule is Cc1ccc(N2CCCC(NC(=O)c3cnn4cccnc34)C2)nn1. The summed E-state index contributed by atoms with van der Waals surface area (Å²) in [6.45, 7) is 3.55. The summed E-state index contributed by atoms with van der Waals surface area (Å²) in [6, 6.07) is 5.77. The molecule has 3 aromatic heterocycles. The molecule has 0 saturated carbocycles. The van der Waals surface area contributed by atoms with Crippen molar-refractivity contribution >= 4 is 17.4 Å². The maximum atomic E-state index is 12.6. The number of carbonyl (C=O) groups is 1. The molecule has 8 heteroatoms. The highest BCUT2D eigenvalue weighted by Crippen LogP contribution is 2.18. The van der Waals surface area contributed by atoms with Crippen molar-refractivity contribution in [3.63, 3.8) is 0 Å². The molecule has 3 aromatic rings. The highest BCUT2D eigenvalue weighted by Gasteiger charge is 2.24. The van der Waals surface area contributed by atoms with Crippen molar-refractivity contribution in [3.05, 3.63) is 48.0 Å². The van der Waals surface area contributed by atoms with Crippen LogP contribution in [0.1, 0.15) is 28.9 Å². The van der Waals surface area contributed by atoms with Crippen LogP contribution < -0.4 is 10.2 Å².